The molecule has 1 aromatic heterocycles. The van der Waals surface area contributed by atoms with Gasteiger partial charge in [-0.2, -0.15) is 0 Å². The number of pyridine rings is 1. The lowest BCUT2D eigenvalue weighted by Crippen LogP contribution is -2.42. The second kappa shape index (κ2) is 11.0. The molecule has 0 saturated carbocycles. The van der Waals surface area contributed by atoms with Crippen LogP contribution in [0.4, 0.5) is 0 Å². The molecule has 1 unspecified atom stereocenters. The van der Waals surface area contributed by atoms with Crippen LogP contribution in [0.5, 0.6) is 5.75 Å². The Balaban J connectivity index is 1.40. The highest BCUT2D eigenvalue weighted by molar-refractivity contribution is 5.76. The van der Waals surface area contributed by atoms with Crippen LogP contribution in [-0.2, 0) is 17.6 Å². The fraction of sp³-hybridized carbons (Fsp3) is 0.500. The number of aryl methyl sites for hydroxylation is 1. The van der Waals surface area contributed by atoms with E-state index >= 15 is 0 Å². The predicted octanol–water partition coefficient (Wildman–Crippen LogP) is 3.44. The normalized spacial score (nSPS) is 17.1. The second-order valence-electron chi connectivity index (χ2n) is 8.00. The molecule has 1 aliphatic rings. The number of benzene rings is 1. The molecule has 0 spiro atoms. The van der Waals surface area contributed by atoms with Crippen LogP contribution in [0, 0.1) is 5.92 Å². The lowest BCUT2D eigenvalue weighted by atomic mass is 9.97. The van der Waals surface area contributed by atoms with Gasteiger partial charge in [-0.25, -0.2) is 0 Å². The maximum atomic E-state index is 12.5. The molecule has 0 radical (unpaired) electrons. The summed E-state index contributed by atoms with van der Waals surface area (Å²) >= 11 is 0. The van der Waals surface area contributed by atoms with Crippen molar-refractivity contribution in [3.8, 4) is 5.75 Å². The van der Waals surface area contributed by atoms with Crippen molar-refractivity contribution in [2.45, 2.75) is 32.1 Å². The van der Waals surface area contributed by atoms with Gasteiger partial charge < -0.3 is 14.5 Å². The van der Waals surface area contributed by atoms with Gasteiger partial charge in [-0.1, -0.05) is 18.2 Å². The molecule has 0 bridgehead atoms. The highest BCUT2D eigenvalue weighted by Gasteiger charge is 2.22. The van der Waals surface area contributed by atoms with E-state index in [9.17, 15) is 4.79 Å². The standard InChI is InChI=1S/C24H33N3O2/c1-26(24(28)13-10-22-7-3-4-15-25-22)18-21-6-5-16-27(19-21)17-14-20-8-11-23(29-2)12-9-20/h3-4,7-9,11-12,15,21H,5-6,10,13-14,16-19H2,1-2H3. The van der Waals surface area contributed by atoms with Crippen LogP contribution in [0.1, 0.15) is 30.5 Å². The number of methoxy groups -OCH3 is 1. The molecule has 1 aromatic carbocycles. The van der Waals surface area contributed by atoms with Crippen molar-refractivity contribution >= 4 is 5.91 Å². The summed E-state index contributed by atoms with van der Waals surface area (Å²) < 4.78 is 5.23. The monoisotopic (exact) mass is 395 g/mol. The third-order valence-corrected chi connectivity index (χ3v) is 5.76. The highest BCUT2D eigenvalue weighted by atomic mass is 16.5. The van der Waals surface area contributed by atoms with Gasteiger partial charge in [0.05, 0.1) is 7.11 Å². The maximum absolute atomic E-state index is 12.5. The summed E-state index contributed by atoms with van der Waals surface area (Å²) in [6.45, 7) is 4.15. The lowest BCUT2D eigenvalue weighted by molar-refractivity contribution is -0.130. The van der Waals surface area contributed by atoms with Gasteiger partial charge in [0.2, 0.25) is 5.91 Å². The number of hydrogen-bond donors (Lipinski definition) is 0. The number of hydrogen-bond acceptors (Lipinski definition) is 4. The Bertz CT molecular complexity index is 748. The first-order valence-electron chi connectivity index (χ1n) is 10.6. The van der Waals surface area contributed by atoms with Gasteiger partial charge in [0.15, 0.2) is 0 Å². The van der Waals surface area contributed by atoms with E-state index < -0.39 is 0 Å². The molecule has 156 valence electrons. The number of aromatic nitrogens is 1. The van der Waals surface area contributed by atoms with Crippen LogP contribution in [0.25, 0.3) is 0 Å². The Hall–Kier alpha value is -2.40. The number of piperidine rings is 1. The number of ether oxygens (including phenoxy) is 1. The molecule has 1 aliphatic heterocycles. The molecule has 0 aliphatic carbocycles. The SMILES string of the molecule is COc1ccc(CCN2CCCC(CN(C)C(=O)CCc3ccccn3)C2)cc1. The summed E-state index contributed by atoms with van der Waals surface area (Å²) in [4.78, 5) is 21.3. The highest BCUT2D eigenvalue weighted by Crippen LogP contribution is 2.19. The quantitative estimate of drug-likeness (QED) is 0.653. The number of amides is 1. The average molecular weight is 396 g/mol. The Kier molecular flexibility index (Phi) is 8.05. The summed E-state index contributed by atoms with van der Waals surface area (Å²) in [5.74, 6) is 1.68. The topological polar surface area (TPSA) is 45.7 Å². The van der Waals surface area contributed by atoms with Crippen LogP contribution >= 0.6 is 0 Å². The zero-order valence-electron chi connectivity index (χ0n) is 17.7. The van der Waals surface area contributed by atoms with E-state index in [1.165, 1.54) is 18.4 Å². The summed E-state index contributed by atoms with van der Waals surface area (Å²) in [6, 6.07) is 14.2. The van der Waals surface area contributed by atoms with Crippen molar-refractivity contribution in [1.82, 2.24) is 14.8 Å². The molecule has 1 saturated heterocycles. The van der Waals surface area contributed by atoms with Crippen molar-refractivity contribution in [2.75, 3.05) is 40.3 Å². The Labute approximate surface area is 174 Å². The van der Waals surface area contributed by atoms with E-state index in [4.69, 9.17) is 4.74 Å². The van der Waals surface area contributed by atoms with E-state index in [1.807, 2.05) is 42.3 Å². The average Bonchev–Trinajstić information content (AvgIpc) is 2.77. The van der Waals surface area contributed by atoms with Crippen molar-refractivity contribution in [2.24, 2.45) is 5.92 Å². The Morgan fingerprint density at radius 2 is 2.03 bits per heavy atom. The number of likely N-dealkylation sites (tertiary alicyclic amines) is 1. The number of carbonyl (C=O) groups is 1. The zero-order chi connectivity index (χ0) is 20.5. The second-order valence-corrected chi connectivity index (χ2v) is 8.00. The largest absolute Gasteiger partial charge is 0.497 e. The molecule has 0 N–H and O–H groups in total. The lowest BCUT2D eigenvalue weighted by Gasteiger charge is -2.34. The maximum Gasteiger partial charge on any atom is 0.222 e. The van der Waals surface area contributed by atoms with Crippen molar-refractivity contribution in [3.05, 3.63) is 59.9 Å². The molecule has 29 heavy (non-hydrogen) atoms. The van der Waals surface area contributed by atoms with Crippen molar-refractivity contribution < 1.29 is 9.53 Å². The summed E-state index contributed by atoms with van der Waals surface area (Å²) in [5, 5.41) is 0. The summed E-state index contributed by atoms with van der Waals surface area (Å²) in [6.07, 6.45) is 6.49. The minimum atomic E-state index is 0.214. The molecule has 1 amide bonds. The van der Waals surface area contributed by atoms with Gasteiger partial charge in [-0.3, -0.25) is 9.78 Å². The Morgan fingerprint density at radius 1 is 1.21 bits per heavy atom. The van der Waals surface area contributed by atoms with Crippen LogP contribution in [-0.4, -0.2) is 61.0 Å². The van der Waals surface area contributed by atoms with Gasteiger partial charge in [0.1, 0.15) is 5.75 Å². The van der Waals surface area contributed by atoms with E-state index in [0.717, 1.165) is 44.0 Å². The molecule has 3 rings (SSSR count). The molecule has 2 heterocycles. The molecule has 1 fully saturated rings. The van der Waals surface area contributed by atoms with Crippen LogP contribution in [0.2, 0.25) is 0 Å². The number of carbonyl (C=O) groups excluding carboxylic acids is 1. The summed E-state index contributed by atoms with van der Waals surface area (Å²) in [7, 11) is 3.64. The molecule has 5 nitrogen and oxygen atoms in total. The van der Waals surface area contributed by atoms with Gasteiger partial charge in [-0.05, 0) is 68.0 Å². The molecule has 2 aromatic rings. The minimum Gasteiger partial charge on any atom is -0.497 e. The molecular formula is C24H33N3O2. The fourth-order valence-electron chi connectivity index (χ4n) is 4.04. The van der Waals surface area contributed by atoms with E-state index in [1.54, 1.807) is 13.3 Å². The van der Waals surface area contributed by atoms with Gasteiger partial charge in [0, 0.05) is 45.0 Å². The van der Waals surface area contributed by atoms with E-state index in [-0.39, 0.29) is 5.91 Å². The van der Waals surface area contributed by atoms with Crippen molar-refractivity contribution in [1.29, 1.82) is 0 Å². The van der Waals surface area contributed by atoms with E-state index in [0.29, 0.717) is 18.8 Å². The molecule has 5 heteroatoms. The third kappa shape index (κ3) is 6.86. The molecule has 1 atom stereocenters. The number of rotatable bonds is 9. The van der Waals surface area contributed by atoms with Gasteiger partial charge >= 0.3 is 0 Å². The van der Waals surface area contributed by atoms with Crippen LogP contribution in [0.3, 0.4) is 0 Å². The first kappa shape index (κ1) is 21.3. The van der Waals surface area contributed by atoms with Crippen LogP contribution < -0.4 is 4.74 Å². The zero-order valence-corrected chi connectivity index (χ0v) is 17.7. The first-order valence-corrected chi connectivity index (χ1v) is 10.6. The summed E-state index contributed by atoms with van der Waals surface area (Å²) in [5.41, 5.74) is 2.33. The van der Waals surface area contributed by atoms with Crippen LogP contribution in [0.15, 0.2) is 48.7 Å². The van der Waals surface area contributed by atoms with Gasteiger partial charge in [-0.15, -0.1) is 0 Å². The molecular weight excluding hydrogens is 362 g/mol. The number of nitrogens with zero attached hydrogens (tertiary/aromatic N) is 3. The van der Waals surface area contributed by atoms with Crippen molar-refractivity contribution in [3.63, 3.8) is 0 Å². The fourth-order valence-corrected chi connectivity index (χ4v) is 4.04. The third-order valence-electron chi connectivity index (χ3n) is 5.76. The minimum absolute atomic E-state index is 0.214. The predicted molar refractivity (Wildman–Crippen MR) is 116 cm³/mol. The van der Waals surface area contributed by atoms with E-state index in [2.05, 4.69) is 22.0 Å². The van der Waals surface area contributed by atoms with Gasteiger partial charge in [0.25, 0.3) is 0 Å². The first-order chi connectivity index (χ1) is 14.1. The smallest absolute Gasteiger partial charge is 0.222 e. The Morgan fingerprint density at radius 3 is 2.76 bits per heavy atom.